The first-order valence-electron chi connectivity index (χ1n) is 5.78. The summed E-state index contributed by atoms with van der Waals surface area (Å²) in [5, 5.41) is 8.81. The van der Waals surface area contributed by atoms with Crippen LogP contribution < -0.4 is 20.7 Å². The van der Waals surface area contributed by atoms with Crippen LogP contribution in [0.5, 0.6) is 6.01 Å². The maximum Gasteiger partial charge on any atom is 0.322 e. The molecule has 0 aromatic carbocycles. The molecule has 1 saturated heterocycles. The third kappa shape index (κ3) is 2.96. The first-order chi connectivity index (χ1) is 8.71. The quantitative estimate of drug-likeness (QED) is 0.656. The fourth-order valence-corrected chi connectivity index (χ4v) is 1.64. The van der Waals surface area contributed by atoms with Crippen LogP contribution in [0.1, 0.15) is 13.3 Å². The van der Waals surface area contributed by atoms with E-state index in [0.717, 1.165) is 0 Å². The Morgan fingerprint density at radius 2 is 2.17 bits per heavy atom. The highest BCUT2D eigenvalue weighted by atomic mass is 16.5. The number of hydrogen-bond donors (Lipinski definition) is 3. The molecule has 1 amide bonds. The molecule has 0 aliphatic carbocycles. The van der Waals surface area contributed by atoms with E-state index in [9.17, 15) is 4.79 Å². The zero-order valence-corrected chi connectivity index (χ0v) is 10.4. The zero-order chi connectivity index (χ0) is 13.0. The van der Waals surface area contributed by atoms with Crippen LogP contribution in [-0.2, 0) is 4.79 Å². The van der Waals surface area contributed by atoms with Crippen molar-refractivity contribution < 1.29 is 9.53 Å². The van der Waals surface area contributed by atoms with E-state index in [4.69, 9.17) is 4.74 Å². The minimum Gasteiger partial charge on any atom is -0.467 e. The van der Waals surface area contributed by atoms with Crippen LogP contribution in [0.2, 0.25) is 0 Å². The monoisotopic (exact) mass is 252 g/mol. The van der Waals surface area contributed by atoms with Crippen LogP contribution in [-0.4, -0.2) is 47.1 Å². The number of amides is 1. The van der Waals surface area contributed by atoms with Gasteiger partial charge in [-0.15, -0.1) is 0 Å². The van der Waals surface area contributed by atoms with E-state index in [1.165, 1.54) is 7.11 Å². The summed E-state index contributed by atoms with van der Waals surface area (Å²) in [5.74, 6) is 0.879. The van der Waals surface area contributed by atoms with Gasteiger partial charge < -0.3 is 20.7 Å². The third-order valence-electron chi connectivity index (χ3n) is 2.44. The summed E-state index contributed by atoms with van der Waals surface area (Å²) in [4.78, 5) is 23.4. The second-order valence-electron chi connectivity index (χ2n) is 3.85. The Bertz CT molecular complexity index is 438. The lowest BCUT2D eigenvalue weighted by atomic mass is 10.3. The summed E-state index contributed by atoms with van der Waals surface area (Å²) in [7, 11) is 1.50. The lowest BCUT2D eigenvalue weighted by molar-refractivity contribution is -0.119. The van der Waals surface area contributed by atoms with Gasteiger partial charge in [0.1, 0.15) is 0 Å². The molecule has 1 aliphatic rings. The number of carbonyl (C=O) groups excluding carboxylic acids is 1. The van der Waals surface area contributed by atoms with Crippen molar-refractivity contribution in [1.29, 1.82) is 0 Å². The molecule has 1 aliphatic heterocycles. The lowest BCUT2D eigenvalue weighted by Gasteiger charge is -2.11. The van der Waals surface area contributed by atoms with Gasteiger partial charge in [0.05, 0.1) is 13.2 Å². The van der Waals surface area contributed by atoms with Crippen LogP contribution in [0.3, 0.4) is 0 Å². The smallest absolute Gasteiger partial charge is 0.322 e. The Kier molecular flexibility index (Phi) is 3.75. The highest BCUT2D eigenvalue weighted by Gasteiger charge is 2.22. The van der Waals surface area contributed by atoms with Crippen LogP contribution in [0.4, 0.5) is 11.9 Å². The molecule has 2 heterocycles. The molecule has 0 spiro atoms. The number of ether oxygens (including phenoxy) is 1. The fourth-order valence-electron chi connectivity index (χ4n) is 1.64. The second kappa shape index (κ2) is 5.48. The number of methoxy groups -OCH3 is 1. The van der Waals surface area contributed by atoms with Gasteiger partial charge in [-0.25, -0.2) is 0 Å². The van der Waals surface area contributed by atoms with E-state index in [1.54, 1.807) is 0 Å². The summed E-state index contributed by atoms with van der Waals surface area (Å²) in [6, 6.07) is 0.236. The van der Waals surface area contributed by atoms with Crippen molar-refractivity contribution in [3.05, 3.63) is 0 Å². The van der Waals surface area contributed by atoms with Gasteiger partial charge in [-0.05, 0) is 6.92 Å². The molecule has 1 atom stereocenters. The van der Waals surface area contributed by atoms with Crippen LogP contribution >= 0.6 is 0 Å². The van der Waals surface area contributed by atoms with E-state index in [1.807, 2.05) is 6.92 Å². The molecule has 1 fully saturated rings. The van der Waals surface area contributed by atoms with Crippen molar-refractivity contribution in [1.82, 2.24) is 20.3 Å². The average molecular weight is 252 g/mol. The summed E-state index contributed by atoms with van der Waals surface area (Å²) in [6.07, 6.45) is 0.421. The average Bonchev–Trinajstić information content (AvgIpc) is 2.75. The Hall–Kier alpha value is -2.12. The van der Waals surface area contributed by atoms with Crippen LogP contribution in [0.25, 0.3) is 0 Å². The van der Waals surface area contributed by atoms with E-state index in [0.29, 0.717) is 31.4 Å². The molecule has 18 heavy (non-hydrogen) atoms. The summed E-state index contributed by atoms with van der Waals surface area (Å²) < 4.78 is 5.00. The number of aromatic nitrogens is 3. The predicted molar refractivity (Wildman–Crippen MR) is 65.6 cm³/mol. The molecule has 8 heteroatoms. The highest BCUT2D eigenvalue weighted by Crippen LogP contribution is 2.13. The molecule has 0 radical (unpaired) electrons. The van der Waals surface area contributed by atoms with Crippen molar-refractivity contribution in [3.8, 4) is 6.01 Å². The molecule has 1 unspecified atom stereocenters. The molecule has 2 rings (SSSR count). The molecular weight excluding hydrogens is 236 g/mol. The third-order valence-corrected chi connectivity index (χ3v) is 2.44. The molecule has 98 valence electrons. The molecule has 8 nitrogen and oxygen atoms in total. The van der Waals surface area contributed by atoms with Crippen molar-refractivity contribution in [3.63, 3.8) is 0 Å². The Labute approximate surface area is 105 Å². The first kappa shape index (κ1) is 12.3. The summed E-state index contributed by atoms with van der Waals surface area (Å²) in [6.45, 7) is 3.22. The first-order valence-corrected chi connectivity index (χ1v) is 5.78. The molecular formula is C10H16N6O2. The van der Waals surface area contributed by atoms with Gasteiger partial charge in [-0.3, -0.25) is 4.79 Å². The van der Waals surface area contributed by atoms with Crippen LogP contribution in [0, 0.1) is 0 Å². The number of nitrogens with one attached hydrogen (secondary N) is 3. The zero-order valence-electron chi connectivity index (χ0n) is 10.4. The van der Waals surface area contributed by atoms with Crippen LogP contribution in [0.15, 0.2) is 0 Å². The number of carbonyl (C=O) groups is 1. The molecule has 0 bridgehead atoms. The lowest BCUT2D eigenvalue weighted by Crippen LogP contribution is -2.24. The van der Waals surface area contributed by atoms with Gasteiger partial charge in [-0.2, -0.15) is 15.0 Å². The largest absolute Gasteiger partial charge is 0.467 e. The topological polar surface area (TPSA) is 101 Å². The maximum absolute atomic E-state index is 11.1. The summed E-state index contributed by atoms with van der Waals surface area (Å²) in [5.41, 5.74) is 0. The van der Waals surface area contributed by atoms with Crippen molar-refractivity contribution in [2.75, 3.05) is 30.8 Å². The maximum atomic E-state index is 11.1. The minimum atomic E-state index is -0.000849. The van der Waals surface area contributed by atoms with Gasteiger partial charge in [-0.1, -0.05) is 0 Å². The van der Waals surface area contributed by atoms with Crippen molar-refractivity contribution >= 4 is 17.8 Å². The fraction of sp³-hybridized carbons (Fsp3) is 0.600. The van der Waals surface area contributed by atoms with E-state index >= 15 is 0 Å². The highest BCUT2D eigenvalue weighted by molar-refractivity contribution is 5.79. The molecule has 3 N–H and O–H groups in total. The normalized spacial score (nSPS) is 18.3. The van der Waals surface area contributed by atoms with Gasteiger partial charge in [0.2, 0.25) is 17.8 Å². The van der Waals surface area contributed by atoms with Gasteiger partial charge in [0.25, 0.3) is 0 Å². The van der Waals surface area contributed by atoms with Gasteiger partial charge in [0, 0.05) is 19.5 Å². The second-order valence-corrected chi connectivity index (χ2v) is 3.85. The predicted octanol–water partition coefficient (Wildman–Crippen LogP) is -0.388. The number of nitrogens with zero attached hydrogens (tertiary/aromatic N) is 3. The van der Waals surface area contributed by atoms with Gasteiger partial charge >= 0.3 is 6.01 Å². The molecule has 1 aromatic heterocycles. The van der Waals surface area contributed by atoms with E-state index < -0.39 is 0 Å². The van der Waals surface area contributed by atoms with Gasteiger partial charge in [0.15, 0.2) is 0 Å². The van der Waals surface area contributed by atoms with Crippen molar-refractivity contribution in [2.24, 2.45) is 0 Å². The Morgan fingerprint density at radius 3 is 2.78 bits per heavy atom. The number of hydrogen-bond acceptors (Lipinski definition) is 7. The minimum absolute atomic E-state index is 0.000849. The van der Waals surface area contributed by atoms with E-state index in [2.05, 4.69) is 30.9 Å². The Balaban J connectivity index is 2.10. The number of rotatable bonds is 5. The standard InChI is InChI=1S/C10H16N6O2/c1-3-11-8-14-9(16-10(15-8)18-2)13-6-4-7(17)12-5-6/h6H,3-5H2,1-2H3,(H,12,17)(H2,11,13,14,15,16). The molecule has 0 saturated carbocycles. The molecule has 1 aromatic rings. The Morgan fingerprint density at radius 1 is 1.39 bits per heavy atom. The van der Waals surface area contributed by atoms with Crippen molar-refractivity contribution in [2.45, 2.75) is 19.4 Å². The number of anilines is 2. The SMILES string of the molecule is CCNc1nc(NC2CNC(=O)C2)nc(OC)n1. The summed E-state index contributed by atoms with van der Waals surface area (Å²) >= 11 is 0. The van der Waals surface area contributed by atoms with E-state index in [-0.39, 0.29) is 18.0 Å².